The molecule has 0 unspecified atom stereocenters. The summed E-state index contributed by atoms with van der Waals surface area (Å²) in [5.41, 5.74) is 4.45. The molecule has 0 spiro atoms. The number of fused-ring (bicyclic) bond motifs is 1. The van der Waals surface area contributed by atoms with Crippen molar-refractivity contribution in [2.75, 3.05) is 0 Å². The van der Waals surface area contributed by atoms with Gasteiger partial charge in [-0.15, -0.1) is 0 Å². The van der Waals surface area contributed by atoms with Gasteiger partial charge >= 0.3 is 5.88 Å². The number of nitrogens with zero attached hydrogens (tertiary/aromatic N) is 2. The summed E-state index contributed by atoms with van der Waals surface area (Å²) < 4.78 is 4.90. The zero-order chi connectivity index (χ0) is 16.4. The van der Waals surface area contributed by atoms with Crippen LogP contribution in [0.2, 0.25) is 0 Å². The van der Waals surface area contributed by atoms with Gasteiger partial charge in [-0.2, -0.15) is 5.10 Å². The summed E-state index contributed by atoms with van der Waals surface area (Å²) in [4.78, 5) is 25.0. The topological polar surface area (TPSA) is 114 Å². The van der Waals surface area contributed by atoms with Crippen molar-refractivity contribution in [3.05, 3.63) is 63.5 Å². The number of nitrogens with one attached hydrogen (secondary N) is 2. The SMILES string of the molecule is Cc1c(C(=O)NN=Cc2ccc([N+](=O)[O-])o2)[nH]c2ccccc12. The minimum absolute atomic E-state index is 0.172. The number of para-hydroxylation sites is 1. The fraction of sp³-hybridized carbons (Fsp3) is 0.0667. The molecule has 116 valence electrons. The highest BCUT2D eigenvalue weighted by molar-refractivity contribution is 6.01. The number of hydrazone groups is 1. The van der Waals surface area contributed by atoms with E-state index in [9.17, 15) is 14.9 Å². The summed E-state index contributed by atoms with van der Waals surface area (Å²) >= 11 is 0. The van der Waals surface area contributed by atoms with Gasteiger partial charge in [-0.3, -0.25) is 14.9 Å². The molecule has 0 aliphatic heterocycles. The van der Waals surface area contributed by atoms with E-state index in [0.717, 1.165) is 16.5 Å². The lowest BCUT2D eigenvalue weighted by Gasteiger charge is -1.97. The summed E-state index contributed by atoms with van der Waals surface area (Å²) in [5.74, 6) is -0.620. The highest BCUT2D eigenvalue weighted by Crippen LogP contribution is 2.21. The van der Waals surface area contributed by atoms with Gasteiger partial charge in [0.05, 0.1) is 12.3 Å². The maximum atomic E-state index is 12.1. The van der Waals surface area contributed by atoms with E-state index in [2.05, 4.69) is 15.5 Å². The highest BCUT2D eigenvalue weighted by atomic mass is 16.6. The quantitative estimate of drug-likeness (QED) is 0.438. The zero-order valence-corrected chi connectivity index (χ0v) is 12.1. The van der Waals surface area contributed by atoms with Crippen LogP contribution in [0.25, 0.3) is 10.9 Å². The minimum Gasteiger partial charge on any atom is -0.400 e. The second-order valence-electron chi connectivity index (χ2n) is 4.80. The van der Waals surface area contributed by atoms with Crippen molar-refractivity contribution < 1.29 is 14.1 Å². The molecule has 0 aliphatic carbocycles. The van der Waals surface area contributed by atoms with Crippen LogP contribution < -0.4 is 5.43 Å². The van der Waals surface area contributed by atoms with Crippen molar-refractivity contribution in [1.29, 1.82) is 0 Å². The Morgan fingerprint density at radius 2 is 2.13 bits per heavy atom. The van der Waals surface area contributed by atoms with Crippen LogP contribution in [0.4, 0.5) is 5.88 Å². The van der Waals surface area contributed by atoms with Gasteiger partial charge in [-0.1, -0.05) is 18.2 Å². The zero-order valence-electron chi connectivity index (χ0n) is 12.1. The van der Waals surface area contributed by atoms with Crippen molar-refractivity contribution in [3.63, 3.8) is 0 Å². The summed E-state index contributed by atoms with van der Waals surface area (Å²) in [6.07, 6.45) is 1.20. The van der Waals surface area contributed by atoms with Crippen molar-refractivity contribution in [3.8, 4) is 0 Å². The van der Waals surface area contributed by atoms with Crippen LogP contribution in [0, 0.1) is 17.0 Å². The van der Waals surface area contributed by atoms with Gasteiger partial charge in [0.2, 0.25) is 0 Å². The van der Waals surface area contributed by atoms with Crippen molar-refractivity contribution in [2.24, 2.45) is 5.10 Å². The molecule has 3 rings (SSSR count). The minimum atomic E-state index is -0.649. The maximum Gasteiger partial charge on any atom is 0.433 e. The lowest BCUT2D eigenvalue weighted by atomic mass is 10.1. The first-order valence-corrected chi connectivity index (χ1v) is 6.71. The molecule has 23 heavy (non-hydrogen) atoms. The Morgan fingerprint density at radius 3 is 2.83 bits per heavy atom. The lowest BCUT2D eigenvalue weighted by molar-refractivity contribution is -0.402. The Labute approximate surface area is 129 Å². The number of amides is 1. The number of furan rings is 1. The first-order chi connectivity index (χ1) is 11.1. The molecule has 1 aromatic carbocycles. The van der Waals surface area contributed by atoms with Crippen LogP contribution in [-0.4, -0.2) is 22.0 Å². The van der Waals surface area contributed by atoms with Crippen LogP contribution in [0.1, 0.15) is 21.8 Å². The van der Waals surface area contributed by atoms with Crippen molar-refractivity contribution in [2.45, 2.75) is 6.92 Å². The summed E-state index contributed by atoms with van der Waals surface area (Å²) in [7, 11) is 0. The largest absolute Gasteiger partial charge is 0.433 e. The van der Waals surface area contributed by atoms with E-state index in [1.54, 1.807) is 0 Å². The molecule has 0 bridgehead atoms. The molecule has 8 nitrogen and oxygen atoms in total. The predicted molar refractivity (Wildman–Crippen MR) is 83.5 cm³/mol. The summed E-state index contributed by atoms with van der Waals surface area (Å²) in [6.45, 7) is 1.84. The number of H-pyrrole nitrogens is 1. The lowest BCUT2D eigenvalue weighted by Crippen LogP contribution is -2.18. The van der Waals surface area contributed by atoms with Gasteiger partial charge in [-0.05, 0) is 24.6 Å². The molecule has 0 saturated heterocycles. The molecule has 0 fully saturated rings. The molecular formula is C15H12N4O4. The maximum absolute atomic E-state index is 12.1. The van der Waals surface area contributed by atoms with Gasteiger partial charge < -0.3 is 9.40 Å². The third-order valence-electron chi connectivity index (χ3n) is 3.34. The van der Waals surface area contributed by atoms with Gasteiger partial charge in [0.25, 0.3) is 5.91 Å². The Balaban J connectivity index is 1.74. The Kier molecular flexibility index (Phi) is 3.63. The number of carbonyl (C=O) groups is 1. The number of benzene rings is 1. The molecule has 3 aromatic rings. The van der Waals surface area contributed by atoms with Crippen LogP contribution in [0.3, 0.4) is 0 Å². The van der Waals surface area contributed by atoms with Crippen LogP contribution in [0.5, 0.6) is 0 Å². The third-order valence-corrected chi connectivity index (χ3v) is 3.34. The van der Waals surface area contributed by atoms with Gasteiger partial charge in [0.1, 0.15) is 10.6 Å². The molecule has 2 heterocycles. The average Bonchev–Trinajstić information content (AvgIpc) is 3.13. The van der Waals surface area contributed by atoms with Crippen molar-refractivity contribution >= 4 is 28.9 Å². The number of hydrogen-bond donors (Lipinski definition) is 2. The normalized spacial score (nSPS) is 11.2. The van der Waals surface area contributed by atoms with Gasteiger partial charge in [0.15, 0.2) is 5.76 Å². The summed E-state index contributed by atoms with van der Waals surface area (Å²) in [6, 6.07) is 10.2. The number of hydrogen-bond acceptors (Lipinski definition) is 5. The van der Waals surface area contributed by atoms with E-state index in [4.69, 9.17) is 4.42 Å². The van der Waals surface area contributed by atoms with E-state index < -0.39 is 10.8 Å². The number of rotatable bonds is 4. The molecular weight excluding hydrogens is 300 g/mol. The van der Waals surface area contributed by atoms with E-state index in [-0.39, 0.29) is 11.6 Å². The van der Waals surface area contributed by atoms with Crippen LogP contribution in [0.15, 0.2) is 45.9 Å². The van der Waals surface area contributed by atoms with Crippen molar-refractivity contribution in [1.82, 2.24) is 10.4 Å². The molecule has 8 heteroatoms. The Bertz CT molecular complexity index is 923. The number of aryl methyl sites for hydroxylation is 1. The standard InChI is InChI=1S/C15H12N4O4/c1-9-11-4-2-3-5-12(11)17-14(9)15(20)18-16-8-10-6-7-13(23-10)19(21)22/h2-8,17H,1H3,(H,18,20). The van der Waals surface area contributed by atoms with E-state index in [1.807, 2.05) is 31.2 Å². The summed E-state index contributed by atoms with van der Waals surface area (Å²) in [5, 5.41) is 15.2. The highest BCUT2D eigenvalue weighted by Gasteiger charge is 2.14. The molecule has 0 saturated carbocycles. The van der Waals surface area contributed by atoms with E-state index in [1.165, 1.54) is 18.3 Å². The first kappa shape index (κ1) is 14.5. The number of aromatic amines is 1. The Morgan fingerprint density at radius 1 is 1.35 bits per heavy atom. The fourth-order valence-electron chi connectivity index (χ4n) is 2.23. The first-order valence-electron chi connectivity index (χ1n) is 6.71. The second-order valence-corrected chi connectivity index (χ2v) is 4.80. The molecule has 1 amide bonds. The molecule has 0 atom stereocenters. The predicted octanol–water partition coefficient (Wildman–Crippen LogP) is 2.74. The fourth-order valence-corrected chi connectivity index (χ4v) is 2.23. The Hall–Kier alpha value is -3.42. The average molecular weight is 312 g/mol. The van der Waals surface area contributed by atoms with Crippen LogP contribution in [-0.2, 0) is 0 Å². The van der Waals surface area contributed by atoms with E-state index in [0.29, 0.717) is 5.69 Å². The van der Waals surface area contributed by atoms with E-state index >= 15 is 0 Å². The molecule has 2 aromatic heterocycles. The molecule has 2 N–H and O–H groups in total. The number of aromatic nitrogens is 1. The van der Waals surface area contributed by atoms with Crippen LogP contribution >= 0.6 is 0 Å². The monoisotopic (exact) mass is 312 g/mol. The van der Waals surface area contributed by atoms with Gasteiger partial charge in [0, 0.05) is 10.9 Å². The molecule has 0 radical (unpaired) electrons. The number of carbonyl (C=O) groups excluding carboxylic acids is 1. The number of nitro groups is 1. The third kappa shape index (κ3) is 2.82. The smallest absolute Gasteiger partial charge is 0.400 e. The second kappa shape index (κ2) is 5.76. The van der Waals surface area contributed by atoms with Gasteiger partial charge in [-0.25, -0.2) is 5.43 Å². The molecule has 0 aliphatic rings.